The molecule has 2 N–H and O–H groups in total. The first-order chi connectivity index (χ1) is 11.2. The molecule has 1 aromatic heterocycles. The molecule has 0 radical (unpaired) electrons. The third kappa shape index (κ3) is 2.88. The third-order valence-corrected chi connectivity index (χ3v) is 5.74. The molecule has 2 heterocycles. The standard InChI is InChI=1S/C19H23NO3/c21-15-7-8-16-14(10-19(22)23-18(16)11-15)12-20-9-3-5-13-4-1-2-6-17(13)20/h7-8,10-11,13,17,21H,1-6,9,12H2/p+1/t13-,17-/m0/s1. The smallest absolute Gasteiger partial charge is 0.336 e. The minimum atomic E-state index is -0.324. The Morgan fingerprint density at radius 3 is 2.87 bits per heavy atom. The number of likely N-dealkylation sites (tertiary alicyclic amines) is 1. The fourth-order valence-electron chi connectivity index (χ4n) is 4.70. The van der Waals surface area contributed by atoms with E-state index < -0.39 is 0 Å². The fourth-order valence-corrected chi connectivity index (χ4v) is 4.70. The second kappa shape index (κ2) is 6.00. The van der Waals surface area contributed by atoms with E-state index in [1.807, 2.05) is 6.07 Å². The molecule has 2 aromatic rings. The van der Waals surface area contributed by atoms with Gasteiger partial charge in [-0.15, -0.1) is 0 Å². The predicted octanol–water partition coefficient (Wildman–Crippen LogP) is 2.24. The summed E-state index contributed by atoms with van der Waals surface area (Å²) in [7, 11) is 0. The molecule has 3 atom stereocenters. The number of quaternary nitrogens is 1. The minimum absolute atomic E-state index is 0.135. The van der Waals surface area contributed by atoms with Gasteiger partial charge in [0, 0.05) is 29.0 Å². The highest BCUT2D eigenvalue weighted by atomic mass is 16.4. The lowest BCUT2D eigenvalue weighted by molar-refractivity contribution is -0.949. The molecule has 0 spiro atoms. The molecule has 1 unspecified atom stereocenters. The van der Waals surface area contributed by atoms with Crippen molar-refractivity contribution in [3.8, 4) is 5.75 Å². The number of benzene rings is 1. The Balaban J connectivity index is 1.68. The van der Waals surface area contributed by atoms with Gasteiger partial charge in [-0.1, -0.05) is 6.42 Å². The van der Waals surface area contributed by atoms with Crippen LogP contribution in [-0.2, 0) is 6.54 Å². The zero-order chi connectivity index (χ0) is 15.8. The van der Waals surface area contributed by atoms with Crippen molar-refractivity contribution in [3.05, 3.63) is 40.2 Å². The Morgan fingerprint density at radius 1 is 1.13 bits per heavy atom. The summed E-state index contributed by atoms with van der Waals surface area (Å²) in [5.74, 6) is 0.999. The summed E-state index contributed by atoms with van der Waals surface area (Å²) < 4.78 is 5.25. The largest absolute Gasteiger partial charge is 0.508 e. The second-order valence-electron chi connectivity index (χ2n) is 7.15. The Hall–Kier alpha value is -1.81. The maximum absolute atomic E-state index is 11.9. The average Bonchev–Trinajstić information content (AvgIpc) is 2.54. The number of nitrogens with one attached hydrogen (secondary N) is 1. The van der Waals surface area contributed by atoms with Crippen LogP contribution in [0.2, 0.25) is 0 Å². The molecule has 4 nitrogen and oxygen atoms in total. The first-order valence-corrected chi connectivity index (χ1v) is 8.81. The predicted molar refractivity (Wildman–Crippen MR) is 88.7 cm³/mol. The van der Waals surface area contributed by atoms with Gasteiger partial charge in [-0.25, -0.2) is 4.79 Å². The van der Waals surface area contributed by atoms with Crippen molar-refractivity contribution in [2.24, 2.45) is 5.92 Å². The SMILES string of the molecule is O=c1cc(C[NH+]2CCC[C@@H]3CCCC[C@@H]32)c2ccc(O)cc2o1. The Labute approximate surface area is 135 Å². The van der Waals surface area contributed by atoms with E-state index in [1.165, 1.54) is 51.1 Å². The van der Waals surface area contributed by atoms with Crippen molar-refractivity contribution < 1.29 is 14.4 Å². The van der Waals surface area contributed by atoms with Crippen molar-refractivity contribution in [1.29, 1.82) is 0 Å². The number of phenolic OH excluding ortho intramolecular Hbond substituents is 1. The molecule has 1 aliphatic carbocycles. The Bertz CT molecular complexity index is 765. The molecule has 1 saturated carbocycles. The third-order valence-electron chi connectivity index (χ3n) is 5.74. The van der Waals surface area contributed by atoms with E-state index in [4.69, 9.17) is 4.42 Å². The van der Waals surface area contributed by atoms with E-state index in [0.717, 1.165) is 29.5 Å². The normalized spacial score (nSPS) is 27.7. The van der Waals surface area contributed by atoms with Gasteiger partial charge in [0.05, 0.1) is 12.6 Å². The van der Waals surface area contributed by atoms with Crippen molar-refractivity contribution in [1.82, 2.24) is 0 Å². The lowest BCUT2D eigenvalue weighted by Crippen LogP contribution is -3.16. The van der Waals surface area contributed by atoms with E-state index in [9.17, 15) is 9.90 Å². The van der Waals surface area contributed by atoms with Crippen molar-refractivity contribution in [3.63, 3.8) is 0 Å². The number of fused-ring (bicyclic) bond motifs is 2. The molecule has 1 aromatic carbocycles. The number of aromatic hydroxyl groups is 1. The summed E-state index contributed by atoms with van der Waals surface area (Å²) in [5, 5.41) is 10.6. The number of rotatable bonds is 2. The topological polar surface area (TPSA) is 54.9 Å². The monoisotopic (exact) mass is 314 g/mol. The van der Waals surface area contributed by atoms with Crippen LogP contribution in [0.3, 0.4) is 0 Å². The molecule has 4 rings (SSSR count). The maximum atomic E-state index is 11.9. The quantitative estimate of drug-likeness (QED) is 0.836. The summed E-state index contributed by atoms with van der Waals surface area (Å²) in [6, 6.07) is 7.45. The molecule has 2 fully saturated rings. The van der Waals surface area contributed by atoms with Crippen LogP contribution in [0.15, 0.2) is 33.5 Å². The van der Waals surface area contributed by atoms with Crippen molar-refractivity contribution >= 4 is 11.0 Å². The van der Waals surface area contributed by atoms with E-state index in [2.05, 4.69) is 0 Å². The highest BCUT2D eigenvalue weighted by Gasteiger charge is 2.36. The minimum Gasteiger partial charge on any atom is -0.508 e. The summed E-state index contributed by atoms with van der Waals surface area (Å²) in [4.78, 5) is 13.5. The number of hydrogen-bond acceptors (Lipinski definition) is 3. The van der Waals surface area contributed by atoms with E-state index in [1.54, 1.807) is 17.0 Å². The van der Waals surface area contributed by atoms with Crippen LogP contribution in [0.4, 0.5) is 0 Å². The van der Waals surface area contributed by atoms with Crippen LogP contribution in [0, 0.1) is 5.92 Å². The van der Waals surface area contributed by atoms with Gasteiger partial charge in [0.15, 0.2) is 0 Å². The molecule has 0 amide bonds. The molecule has 1 aliphatic heterocycles. The summed E-state index contributed by atoms with van der Waals surface area (Å²) >= 11 is 0. The Morgan fingerprint density at radius 2 is 1.96 bits per heavy atom. The second-order valence-corrected chi connectivity index (χ2v) is 7.15. The summed E-state index contributed by atoms with van der Waals surface area (Å²) in [6.07, 6.45) is 8.08. The van der Waals surface area contributed by atoms with Gasteiger partial charge in [-0.05, 0) is 44.2 Å². The van der Waals surface area contributed by atoms with Gasteiger partial charge >= 0.3 is 5.63 Å². The zero-order valence-corrected chi connectivity index (χ0v) is 13.4. The molecular formula is C19H24NO3+. The fraction of sp³-hybridized carbons (Fsp3) is 0.526. The number of phenols is 1. The molecule has 0 bridgehead atoms. The Kier molecular flexibility index (Phi) is 3.85. The molecule has 1 saturated heterocycles. The molecule has 122 valence electrons. The van der Waals surface area contributed by atoms with Gasteiger partial charge in [0.1, 0.15) is 17.9 Å². The first-order valence-electron chi connectivity index (χ1n) is 8.81. The molecular weight excluding hydrogens is 290 g/mol. The van der Waals surface area contributed by atoms with Gasteiger partial charge in [0.2, 0.25) is 0 Å². The highest BCUT2D eigenvalue weighted by molar-refractivity contribution is 5.81. The van der Waals surface area contributed by atoms with Crippen molar-refractivity contribution in [2.75, 3.05) is 6.54 Å². The highest BCUT2D eigenvalue weighted by Crippen LogP contribution is 2.29. The number of hydrogen-bond donors (Lipinski definition) is 2. The van der Waals surface area contributed by atoms with Gasteiger partial charge in [0.25, 0.3) is 0 Å². The van der Waals surface area contributed by atoms with E-state index in [0.29, 0.717) is 5.58 Å². The average molecular weight is 314 g/mol. The van der Waals surface area contributed by atoms with Crippen LogP contribution in [0.25, 0.3) is 11.0 Å². The molecule has 2 aliphatic rings. The van der Waals surface area contributed by atoms with Crippen LogP contribution >= 0.6 is 0 Å². The lowest BCUT2D eigenvalue weighted by atomic mass is 9.78. The summed E-state index contributed by atoms with van der Waals surface area (Å²) in [5.41, 5.74) is 1.22. The van der Waals surface area contributed by atoms with Gasteiger partial charge < -0.3 is 14.4 Å². The summed E-state index contributed by atoms with van der Waals surface area (Å²) in [6.45, 7) is 2.08. The van der Waals surface area contributed by atoms with Crippen LogP contribution < -0.4 is 10.5 Å². The zero-order valence-electron chi connectivity index (χ0n) is 13.4. The molecule has 23 heavy (non-hydrogen) atoms. The van der Waals surface area contributed by atoms with Crippen molar-refractivity contribution in [2.45, 2.75) is 51.1 Å². The number of piperidine rings is 1. The van der Waals surface area contributed by atoms with Crippen LogP contribution in [0.5, 0.6) is 5.75 Å². The maximum Gasteiger partial charge on any atom is 0.336 e. The van der Waals surface area contributed by atoms with E-state index in [-0.39, 0.29) is 11.4 Å². The van der Waals surface area contributed by atoms with Crippen LogP contribution in [0.1, 0.15) is 44.1 Å². The van der Waals surface area contributed by atoms with Gasteiger partial charge in [-0.2, -0.15) is 0 Å². The van der Waals surface area contributed by atoms with Crippen LogP contribution in [-0.4, -0.2) is 17.7 Å². The van der Waals surface area contributed by atoms with Gasteiger partial charge in [-0.3, -0.25) is 0 Å². The first kappa shape index (κ1) is 14.8. The lowest BCUT2D eigenvalue weighted by Gasteiger charge is -2.41. The molecule has 4 heteroatoms. The van der Waals surface area contributed by atoms with E-state index >= 15 is 0 Å².